The molecule has 1 aromatic rings. The van der Waals surface area contributed by atoms with Crippen LogP contribution in [0.5, 0.6) is 0 Å². The average molecular weight is 253 g/mol. The average Bonchev–Trinajstić information content (AvgIpc) is 2.17. The third-order valence-electron chi connectivity index (χ3n) is 2.77. The number of aliphatic hydroxyl groups is 1. The lowest BCUT2D eigenvalue weighted by Gasteiger charge is -2.30. The Bertz CT molecular complexity index is 370. The second kappa shape index (κ2) is 5.08. The molecule has 0 aromatic heterocycles. The van der Waals surface area contributed by atoms with Gasteiger partial charge < -0.3 is 9.67 Å². The topological polar surface area (TPSA) is 23.5 Å². The molecule has 0 radical (unpaired) electrons. The lowest BCUT2D eigenvalue weighted by molar-refractivity contribution is 0.505. The van der Waals surface area contributed by atoms with Crippen molar-refractivity contribution in [2.24, 2.45) is 0 Å². The maximum Gasteiger partial charge on any atom is 0.188 e. The van der Waals surface area contributed by atoms with Crippen molar-refractivity contribution in [3.63, 3.8) is 0 Å². The third kappa shape index (κ3) is 3.70. The summed E-state index contributed by atoms with van der Waals surface area (Å²) in [5.74, 6) is 0. The zero-order valence-electron chi connectivity index (χ0n) is 10.3. The standard InChI is InChI=1S/C12H19NOSSi/c1-13(16(2,3)4)9-10-5-7-11(8-6-10)12(14)15/h5-8H,9H2,1-4H3,(H,14,15). The van der Waals surface area contributed by atoms with Crippen molar-refractivity contribution in [3.8, 4) is 0 Å². The van der Waals surface area contributed by atoms with Gasteiger partial charge in [-0.1, -0.05) is 43.9 Å². The quantitative estimate of drug-likeness (QED) is 0.658. The van der Waals surface area contributed by atoms with Gasteiger partial charge in [-0.25, -0.2) is 0 Å². The summed E-state index contributed by atoms with van der Waals surface area (Å²) in [7, 11) is 0.943. The van der Waals surface area contributed by atoms with Crippen molar-refractivity contribution < 1.29 is 5.11 Å². The van der Waals surface area contributed by atoms with Crippen LogP contribution in [0.3, 0.4) is 0 Å². The maximum absolute atomic E-state index is 9.15. The highest BCUT2D eigenvalue weighted by Crippen LogP contribution is 2.13. The Balaban J connectivity index is 2.73. The molecule has 0 amide bonds. The van der Waals surface area contributed by atoms with Crippen LogP contribution in [0.4, 0.5) is 0 Å². The van der Waals surface area contributed by atoms with E-state index in [4.69, 9.17) is 17.3 Å². The molecule has 16 heavy (non-hydrogen) atoms. The molecule has 1 aromatic carbocycles. The van der Waals surface area contributed by atoms with Crippen LogP contribution in [0.25, 0.3) is 0 Å². The highest BCUT2D eigenvalue weighted by molar-refractivity contribution is 7.80. The van der Waals surface area contributed by atoms with E-state index in [0.29, 0.717) is 0 Å². The molecule has 0 bridgehead atoms. The summed E-state index contributed by atoms with van der Waals surface area (Å²) in [6.07, 6.45) is 0. The summed E-state index contributed by atoms with van der Waals surface area (Å²) in [4.78, 5) is 0. The number of nitrogens with zero attached hydrogens (tertiary/aromatic N) is 1. The maximum atomic E-state index is 9.15. The van der Waals surface area contributed by atoms with Gasteiger partial charge in [-0.15, -0.1) is 0 Å². The van der Waals surface area contributed by atoms with Crippen LogP contribution in [-0.2, 0) is 6.54 Å². The van der Waals surface area contributed by atoms with Gasteiger partial charge in [0, 0.05) is 12.1 Å². The molecule has 88 valence electrons. The van der Waals surface area contributed by atoms with E-state index >= 15 is 0 Å². The highest BCUT2D eigenvalue weighted by atomic mass is 32.1. The molecule has 2 nitrogen and oxygen atoms in total. The Morgan fingerprint density at radius 1 is 1.25 bits per heavy atom. The van der Waals surface area contributed by atoms with Gasteiger partial charge in [0.2, 0.25) is 0 Å². The van der Waals surface area contributed by atoms with Crippen LogP contribution < -0.4 is 0 Å². The molecule has 0 fully saturated rings. The van der Waals surface area contributed by atoms with Crippen LogP contribution in [0.2, 0.25) is 19.6 Å². The first-order valence-electron chi connectivity index (χ1n) is 5.34. The lowest BCUT2D eigenvalue weighted by atomic mass is 10.1. The fourth-order valence-electron chi connectivity index (χ4n) is 1.26. The normalized spacial score (nSPS) is 11.8. The monoisotopic (exact) mass is 253 g/mol. The van der Waals surface area contributed by atoms with Gasteiger partial charge in [-0.3, -0.25) is 0 Å². The number of hydrogen-bond donors (Lipinski definition) is 1. The molecule has 4 heteroatoms. The van der Waals surface area contributed by atoms with Gasteiger partial charge in [0.15, 0.2) is 5.05 Å². The Morgan fingerprint density at radius 2 is 1.75 bits per heavy atom. The van der Waals surface area contributed by atoms with Crippen molar-refractivity contribution in [2.45, 2.75) is 26.2 Å². The Morgan fingerprint density at radius 3 is 2.12 bits per heavy atom. The molecule has 1 rings (SSSR count). The van der Waals surface area contributed by atoms with Gasteiger partial charge in [0.25, 0.3) is 0 Å². The molecule has 0 aliphatic heterocycles. The molecule has 0 saturated carbocycles. The summed E-state index contributed by atoms with van der Waals surface area (Å²) in [5, 5.41) is 9.12. The Hall–Kier alpha value is -0.713. The van der Waals surface area contributed by atoms with E-state index in [0.717, 1.165) is 12.1 Å². The summed E-state index contributed by atoms with van der Waals surface area (Å²) in [6.45, 7) is 7.92. The fraction of sp³-hybridized carbons (Fsp3) is 0.417. The highest BCUT2D eigenvalue weighted by Gasteiger charge is 2.19. The van der Waals surface area contributed by atoms with E-state index in [1.54, 1.807) is 0 Å². The second-order valence-electron chi connectivity index (χ2n) is 5.03. The van der Waals surface area contributed by atoms with E-state index in [2.05, 4.69) is 31.3 Å². The van der Waals surface area contributed by atoms with Gasteiger partial charge >= 0.3 is 0 Å². The Labute approximate surface area is 104 Å². The smallest absolute Gasteiger partial charge is 0.188 e. The minimum Gasteiger partial charge on any atom is -0.499 e. The van der Waals surface area contributed by atoms with Crippen LogP contribution in [-0.4, -0.2) is 30.0 Å². The first kappa shape index (κ1) is 13.4. The lowest BCUT2D eigenvalue weighted by Crippen LogP contribution is -2.42. The van der Waals surface area contributed by atoms with E-state index in [1.165, 1.54) is 5.56 Å². The molecular weight excluding hydrogens is 234 g/mol. The number of benzene rings is 1. The zero-order valence-corrected chi connectivity index (χ0v) is 12.1. The second-order valence-corrected chi connectivity index (χ2v) is 10.5. The van der Waals surface area contributed by atoms with Gasteiger partial charge in [-0.05, 0) is 24.8 Å². The molecule has 0 aliphatic rings. The van der Waals surface area contributed by atoms with Crippen molar-refractivity contribution in [2.75, 3.05) is 7.05 Å². The van der Waals surface area contributed by atoms with Gasteiger partial charge in [0.1, 0.15) is 8.24 Å². The minimum absolute atomic E-state index is 0.0369. The van der Waals surface area contributed by atoms with Crippen LogP contribution >= 0.6 is 12.2 Å². The van der Waals surface area contributed by atoms with Crippen molar-refractivity contribution >= 4 is 25.5 Å². The van der Waals surface area contributed by atoms with E-state index in [9.17, 15) is 0 Å². The number of hydrogen-bond acceptors (Lipinski definition) is 2. The predicted molar refractivity (Wildman–Crippen MR) is 75.6 cm³/mol. The van der Waals surface area contributed by atoms with Gasteiger partial charge in [0.05, 0.1) is 0 Å². The van der Waals surface area contributed by atoms with Crippen LogP contribution in [0, 0.1) is 0 Å². The molecule has 0 heterocycles. The molecule has 0 aliphatic carbocycles. The SMILES string of the molecule is CN(Cc1ccc(C(O)=S)cc1)[Si](C)(C)C. The van der Waals surface area contributed by atoms with E-state index in [-0.39, 0.29) is 5.05 Å². The molecule has 0 atom stereocenters. The molecule has 0 spiro atoms. The van der Waals surface area contributed by atoms with Crippen molar-refractivity contribution in [1.82, 2.24) is 4.57 Å². The van der Waals surface area contributed by atoms with Crippen molar-refractivity contribution in [3.05, 3.63) is 35.4 Å². The summed E-state index contributed by atoms with van der Waals surface area (Å²) in [6, 6.07) is 7.79. The first-order valence-corrected chi connectivity index (χ1v) is 9.20. The van der Waals surface area contributed by atoms with Crippen molar-refractivity contribution in [1.29, 1.82) is 0 Å². The van der Waals surface area contributed by atoms with E-state index < -0.39 is 8.24 Å². The molecular formula is C12H19NOSSi. The first-order chi connectivity index (χ1) is 7.30. The summed E-state index contributed by atoms with van der Waals surface area (Å²) >= 11 is 4.70. The molecule has 1 N–H and O–H groups in total. The minimum atomic E-state index is -1.22. The third-order valence-corrected chi connectivity index (χ3v) is 5.45. The zero-order chi connectivity index (χ0) is 12.3. The van der Waals surface area contributed by atoms with Crippen LogP contribution in [0.1, 0.15) is 11.1 Å². The fourth-order valence-corrected chi connectivity index (χ4v) is 2.06. The van der Waals surface area contributed by atoms with E-state index in [1.807, 2.05) is 24.3 Å². The van der Waals surface area contributed by atoms with Gasteiger partial charge in [-0.2, -0.15) is 0 Å². The molecule has 0 saturated heterocycles. The Kier molecular flexibility index (Phi) is 4.24. The number of rotatable bonds is 4. The molecule has 0 unspecified atom stereocenters. The summed E-state index contributed by atoms with van der Waals surface area (Å²) in [5.41, 5.74) is 1.97. The summed E-state index contributed by atoms with van der Waals surface area (Å²) < 4.78 is 2.42. The number of aliphatic hydroxyl groups excluding tert-OH is 1. The van der Waals surface area contributed by atoms with Crippen LogP contribution in [0.15, 0.2) is 24.3 Å². The number of thiocarbonyl (C=S) groups is 1. The largest absolute Gasteiger partial charge is 0.499 e. The predicted octanol–water partition coefficient (Wildman–Crippen LogP) is 3.19.